The van der Waals surface area contributed by atoms with E-state index >= 15 is 0 Å². The molecule has 8 heteroatoms. The number of imidazole rings is 1. The topological polar surface area (TPSA) is 77.5 Å². The van der Waals surface area contributed by atoms with E-state index in [-0.39, 0.29) is 0 Å². The largest absolute Gasteiger partial charge is 0.354 e. The van der Waals surface area contributed by atoms with Crippen molar-refractivity contribution in [1.82, 2.24) is 34.5 Å². The number of rotatable bonds is 4. The third-order valence-corrected chi connectivity index (χ3v) is 4.78. The molecule has 0 bridgehead atoms. The minimum absolute atomic E-state index is 0.353. The minimum Gasteiger partial charge on any atom is -0.354 e. The van der Waals surface area contributed by atoms with Crippen LogP contribution >= 0.6 is 0 Å². The Morgan fingerprint density at radius 2 is 2.08 bits per heavy atom. The summed E-state index contributed by atoms with van der Waals surface area (Å²) in [6, 6.07) is 4.06. The Morgan fingerprint density at radius 1 is 1.16 bits per heavy atom. The molecule has 4 heterocycles. The highest BCUT2D eigenvalue weighted by Crippen LogP contribution is 2.28. The van der Waals surface area contributed by atoms with E-state index in [9.17, 15) is 0 Å². The van der Waals surface area contributed by atoms with Gasteiger partial charge in [0, 0.05) is 38.4 Å². The summed E-state index contributed by atoms with van der Waals surface area (Å²) in [5.41, 5.74) is 0.940. The molecule has 1 fully saturated rings. The zero-order chi connectivity index (χ0) is 17.2. The van der Waals surface area contributed by atoms with Crippen molar-refractivity contribution in [2.75, 3.05) is 18.0 Å². The van der Waals surface area contributed by atoms with Crippen LogP contribution in [0.15, 0.2) is 30.9 Å². The van der Waals surface area contributed by atoms with Crippen LogP contribution in [-0.2, 0) is 13.6 Å². The molecule has 1 atom stereocenters. The molecule has 1 saturated heterocycles. The Kier molecular flexibility index (Phi) is 4.17. The SMILES string of the molecule is Cc1ccc(N2CCC[C@H](c3nnc(Cn4ccnc4)n3C)C2)nn1. The van der Waals surface area contributed by atoms with Crippen molar-refractivity contribution in [3.8, 4) is 0 Å². The lowest BCUT2D eigenvalue weighted by Gasteiger charge is -2.32. The van der Waals surface area contributed by atoms with Crippen molar-refractivity contribution < 1.29 is 0 Å². The molecular formula is C17H22N8. The fourth-order valence-electron chi connectivity index (χ4n) is 3.37. The number of anilines is 1. The van der Waals surface area contributed by atoms with Crippen molar-refractivity contribution >= 4 is 5.82 Å². The van der Waals surface area contributed by atoms with Gasteiger partial charge in [0.1, 0.15) is 5.82 Å². The maximum atomic E-state index is 4.48. The lowest BCUT2D eigenvalue weighted by Crippen LogP contribution is -2.36. The van der Waals surface area contributed by atoms with Crippen LogP contribution < -0.4 is 4.90 Å². The third kappa shape index (κ3) is 3.24. The zero-order valence-electron chi connectivity index (χ0n) is 14.6. The van der Waals surface area contributed by atoms with Gasteiger partial charge in [-0.25, -0.2) is 4.98 Å². The molecule has 0 spiro atoms. The molecule has 0 N–H and O–H groups in total. The summed E-state index contributed by atoms with van der Waals surface area (Å²) < 4.78 is 4.12. The normalized spacial score (nSPS) is 17.8. The van der Waals surface area contributed by atoms with Gasteiger partial charge in [-0.3, -0.25) is 0 Å². The molecule has 0 saturated carbocycles. The van der Waals surface area contributed by atoms with Gasteiger partial charge in [0.05, 0.1) is 18.6 Å². The van der Waals surface area contributed by atoms with Gasteiger partial charge in [-0.15, -0.1) is 15.3 Å². The number of aromatic nitrogens is 7. The van der Waals surface area contributed by atoms with Crippen molar-refractivity contribution in [3.05, 3.63) is 48.2 Å². The van der Waals surface area contributed by atoms with Gasteiger partial charge in [-0.1, -0.05) is 0 Å². The average molecular weight is 338 g/mol. The fraction of sp³-hybridized carbons (Fsp3) is 0.471. The van der Waals surface area contributed by atoms with Crippen LogP contribution in [0.4, 0.5) is 5.82 Å². The Labute approximate surface area is 146 Å². The highest BCUT2D eigenvalue weighted by molar-refractivity contribution is 5.38. The first kappa shape index (κ1) is 15.7. The molecule has 4 rings (SSSR count). The molecule has 0 aromatic carbocycles. The van der Waals surface area contributed by atoms with E-state index in [1.165, 1.54) is 0 Å². The molecule has 0 radical (unpaired) electrons. The van der Waals surface area contributed by atoms with Crippen LogP contribution in [0, 0.1) is 6.92 Å². The Bertz CT molecular complexity index is 821. The standard InChI is InChI=1S/C17H22N8/c1-13-5-6-15(20-19-13)25-8-3-4-14(10-25)17-22-21-16(23(17)2)11-24-9-7-18-12-24/h5-7,9,12,14H,3-4,8,10-11H2,1-2H3/t14-/m0/s1. The Hall–Kier alpha value is -2.77. The highest BCUT2D eigenvalue weighted by atomic mass is 15.3. The van der Waals surface area contributed by atoms with Crippen LogP contribution in [-0.4, -0.2) is 47.6 Å². The van der Waals surface area contributed by atoms with E-state index in [1.807, 2.05) is 36.9 Å². The summed E-state index contributed by atoms with van der Waals surface area (Å²) in [5.74, 6) is 3.28. The monoisotopic (exact) mass is 338 g/mol. The van der Waals surface area contributed by atoms with E-state index in [1.54, 1.807) is 12.5 Å². The summed E-state index contributed by atoms with van der Waals surface area (Å²) in [6.07, 6.45) is 7.75. The van der Waals surface area contributed by atoms with Gasteiger partial charge < -0.3 is 14.0 Å². The van der Waals surface area contributed by atoms with Crippen LogP contribution in [0.5, 0.6) is 0 Å². The summed E-state index contributed by atoms with van der Waals surface area (Å²) in [6.45, 7) is 4.54. The molecule has 0 unspecified atom stereocenters. The Balaban J connectivity index is 1.51. The summed E-state index contributed by atoms with van der Waals surface area (Å²) in [5, 5.41) is 17.4. The second kappa shape index (κ2) is 6.62. The number of piperidine rings is 1. The average Bonchev–Trinajstić information content (AvgIpc) is 3.27. The summed E-state index contributed by atoms with van der Waals surface area (Å²) >= 11 is 0. The van der Waals surface area contributed by atoms with Gasteiger partial charge >= 0.3 is 0 Å². The Morgan fingerprint density at radius 3 is 2.84 bits per heavy atom. The van der Waals surface area contributed by atoms with Crippen LogP contribution in [0.3, 0.4) is 0 Å². The van der Waals surface area contributed by atoms with Crippen molar-refractivity contribution in [2.45, 2.75) is 32.2 Å². The van der Waals surface area contributed by atoms with Crippen molar-refractivity contribution in [3.63, 3.8) is 0 Å². The van der Waals surface area contributed by atoms with E-state index in [0.717, 1.165) is 49.1 Å². The molecule has 8 nitrogen and oxygen atoms in total. The van der Waals surface area contributed by atoms with Crippen LogP contribution in [0.25, 0.3) is 0 Å². The van der Waals surface area contributed by atoms with E-state index in [0.29, 0.717) is 12.5 Å². The maximum Gasteiger partial charge on any atom is 0.152 e. The number of hydrogen-bond acceptors (Lipinski definition) is 6. The molecule has 25 heavy (non-hydrogen) atoms. The molecule has 3 aromatic heterocycles. The highest BCUT2D eigenvalue weighted by Gasteiger charge is 2.26. The lowest BCUT2D eigenvalue weighted by atomic mass is 9.97. The predicted molar refractivity (Wildman–Crippen MR) is 93.3 cm³/mol. The predicted octanol–water partition coefficient (Wildman–Crippen LogP) is 1.54. The van der Waals surface area contributed by atoms with Gasteiger partial charge in [0.2, 0.25) is 0 Å². The fourth-order valence-corrected chi connectivity index (χ4v) is 3.37. The molecule has 130 valence electrons. The zero-order valence-corrected chi connectivity index (χ0v) is 14.6. The minimum atomic E-state index is 0.353. The van der Waals surface area contributed by atoms with E-state index in [4.69, 9.17) is 0 Å². The number of nitrogens with zero attached hydrogens (tertiary/aromatic N) is 8. The smallest absolute Gasteiger partial charge is 0.152 e. The molecule has 1 aliphatic heterocycles. The molecular weight excluding hydrogens is 316 g/mol. The van der Waals surface area contributed by atoms with Gasteiger partial charge in [0.25, 0.3) is 0 Å². The van der Waals surface area contributed by atoms with Gasteiger partial charge in [-0.05, 0) is 31.9 Å². The maximum absolute atomic E-state index is 4.48. The number of aryl methyl sites for hydroxylation is 1. The van der Waals surface area contributed by atoms with Crippen molar-refractivity contribution in [2.24, 2.45) is 7.05 Å². The first-order chi connectivity index (χ1) is 12.2. The van der Waals surface area contributed by atoms with Crippen LogP contribution in [0.1, 0.15) is 36.1 Å². The van der Waals surface area contributed by atoms with Crippen LogP contribution in [0.2, 0.25) is 0 Å². The van der Waals surface area contributed by atoms with E-state index < -0.39 is 0 Å². The first-order valence-electron chi connectivity index (χ1n) is 8.60. The third-order valence-electron chi connectivity index (χ3n) is 4.78. The molecule has 0 amide bonds. The quantitative estimate of drug-likeness (QED) is 0.718. The van der Waals surface area contributed by atoms with Gasteiger partial charge in [0.15, 0.2) is 11.6 Å². The summed E-state index contributed by atoms with van der Waals surface area (Å²) in [7, 11) is 2.05. The summed E-state index contributed by atoms with van der Waals surface area (Å²) in [4.78, 5) is 6.38. The molecule has 3 aromatic rings. The lowest BCUT2D eigenvalue weighted by molar-refractivity contribution is 0.474. The second-order valence-corrected chi connectivity index (χ2v) is 6.59. The van der Waals surface area contributed by atoms with Crippen molar-refractivity contribution in [1.29, 1.82) is 0 Å². The number of hydrogen-bond donors (Lipinski definition) is 0. The second-order valence-electron chi connectivity index (χ2n) is 6.59. The van der Waals surface area contributed by atoms with E-state index in [2.05, 4.69) is 34.8 Å². The first-order valence-corrected chi connectivity index (χ1v) is 8.60. The van der Waals surface area contributed by atoms with Gasteiger partial charge in [-0.2, -0.15) is 5.10 Å². The molecule has 0 aliphatic carbocycles. The molecule has 1 aliphatic rings.